The number of thiazole rings is 1. The van der Waals surface area contributed by atoms with E-state index in [1.807, 2.05) is 31.2 Å². The van der Waals surface area contributed by atoms with Crippen LogP contribution in [-0.4, -0.2) is 61.1 Å². The molecule has 0 radical (unpaired) electrons. The van der Waals surface area contributed by atoms with Crippen molar-refractivity contribution >= 4 is 39.4 Å². The number of nitrogens with zero attached hydrogens (tertiary/aromatic N) is 3. The van der Waals surface area contributed by atoms with E-state index in [9.17, 15) is 4.79 Å². The van der Waals surface area contributed by atoms with Gasteiger partial charge in [0.1, 0.15) is 10.7 Å². The molecular weight excluding hydrogens is 446 g/mol. The lowest BCUT2D eigenvalue weighted by Crippen LogP contribution is -2.49. The molecule has 0 bridgehead atoms. The number of rotatable bonds is 6. The van der Waals surface area contributed by atoms with Crippen LogP contribution >= 0.6 is 11.3 Å². The Morgan fingerprint density at radius 1 is 1.03 bits per heavy atom. The minimum Gasteiger partial charge on any atom is -0.382 e. The van der Waals surface area contributed by atoms with Gasteiger partial charge in [-0.25, -0.2) is 4.98 Å². The largest absolute Gasteiger partial charge is 0.382 e. The number of ketones is 1. The molecule has 3 aromatic rings. The van der Waals surface area contributed by atoms with Crippen LogP contribution in [0.5, 0.6) is 0 Å². The molecule has 0 atom stereocenters. The first-order chi connectivity index (χ1) is 16.6. The monoisotopic (exact) mass is 477 g/mol. The van der Waals surface area contributed by atoms with Gasteiger partial charge >= 0.3 is 0 Å². The van der Waals surface area contributed by atoms with Crippen LogP contribution in [0.4, 0.5) is 22.3 Å². The number of nitrogens with two attached hydrogens (primary N) is 1. The number of piperidine rings is 1. The first kappa shape index (κ1) is 22.8. The smallest absolute Gasteiger partial charge is 0.206 e. The number of nitrogen functional groups attached to an aromatic ring is 1. The quantitative estimate of drug-likeness (QED) is 0.512. The highest BCUT2D eigenvalue weighted by atomic mass is 32.1. The zero-order chi connectivity index (χ0) is 23.5. The summed E-state index contributed by atoms with van der Waals surface area (Å²) in [4.78, 5) is 22.7. The minimum atomic E-state index is -0.0983. The molecule has 8 heteroatoms. The van der Waals surface area contributed by atoms with E-state index in [2.05, 4.69) is 44.4 Å². The number of hydrogen-bond acceptors (Lipinski definition) is 8. The molecule has 3 N–H and O–H groups in total. The number of aromatic nitrogens is 1. The Morgan fingerprint density at radius 3 is 2.38 bits per heavy atom. The van der Waals surface area contributed by atoms with Crippen LogP contribution in [0.3, 0.4) is 0 Å². The maximum absolute atomic E-state index is 12.8. The lowest BCUT2D eigenvalue weighted by molar-refractivity contribution is 0.0115. The number of hydrogen-bond donors (Lipinski definition) is 2. The van der Waals surface area contributed by atoms with E-state index in [4.69, 9.17) is 10.5 Å². The van der Waals surface area contributed by atoms with Gasteiger partial charge in [-0.15, -0.1) is 0 Å². The SMILES string of the molecule is Cc1ccc(C(=O)c2sc(Nc3ccc(N4CCC(N5CCOCC5)CC4)cc3)nc2N)cc1. The maximum Gasteiger partial charge on any atom is 0.206 e. The Bertz CT molecular complexity index is 1120. The lowest BCUT2D eigenvalue weighted by atomic mass is 10.0. The number of carbonyl (C=O) groups is 1. The second kappa shape index (κ2) is 10.1. The van der Waals surface area contributed by atoms with Crippen molar-refractivity contribution in [2.45, 2.75) is 25.8 Å². The van der Waals surface area contributed by atoms with Crippen molar-refractivity contribution in [2.24, 2.45) is 0 Å². The summed E-state index contributed by atoms with van der Waals surface area (Å²) in [6, 6.07) is 16.6. The van der Waals surface area contributed by atoms with Gasteiger partial charge in [-0.2, -0.15) is 0 Å². The first-order valence-electron chi connectivity index (χ1n) is 11.9. The number of carbonyl (C=O) groups excluding carboxylic acids is 1. The Labute approximate surface area is 204 Å². The predicted molar refractivity (Wildman–Crippen MR) is 138 cm³/mol. The number of aryl methyl sites for hydroxylation is 1. The zero-order valence-electron chi connectivity index (χ0n) is 19.5. The normalized spacial score (nSPS) is 17.6. The molecule has 178 valence electrons. The second-order valence-corrected chi connectivity index (χ2v) is 9.97. The summed E-state index contributed by atoms with van der Waals surface area (Å²) in [5.41, 5.74) is 9.97. The second-order valence-electron chi connectivity index (χ2n) is 8.97. The maximum atomic E-state index is 12.8. The Balaban J connectivity index is 1.19. The van der Waals surface area contributed by atoms with Gasteiger partial charge in [0.15, 0.2) is 5.13 Å². The van der Waals surface area contributed by atoms with Gasteiger partial charge in [0, 0.05) is 49.2 Å². The average molecular weight is 478 g/mol. The Hall–Kier alpha value is -2.94. The molecule has 2 saturated heterocycles. The van der Waals surface area contributed by atoms with Crippen LogP contribution in [-0.2, 0) is 4.74 Å². The molecule has 5 rings (SSSR count). The minimum absolute atomic E-state index is 0.0983. The van der Waals surface area contributed by atoms with Crippen molar-refractivity contribution in [2.75, 3.05) is 55.3 Å². The van der Waals surface area contributed by atoms with E-state index in [1.54, 1.807) is 0 Å². The van der Waals surface area contributed by atoms with E-state index < -0.39 is 0 Å². The average Bonchev–Trinajstić information content (AvgIpc) is 3.25. The summed E-state index contributed by atoms with van der Waals surface area (Å²) in [6.45, 7) is 7.98. The standard InChI is InChI=1S/C26H31N5O2S/c1-18-2-4-19(5-3-18)23(32)24-25(27)29-26(34-24)28-20-6-8-21(9-7-20)30-12-10-22(11-13-30)31-14-16-33-17-15-31/h2-9,22H,10-17,27H2,1H3,(H,28,29). The van der Waals surface area contributed by atoms with Crippen LogP contribution in [0.25, 0.3) is 0 Å². The number of morpholine rings is 1. The van der Waals surface area contributed by atoms with Gasteiger partial charge in [-0.1, -0.05) is 41.2 Å². The molecule has 0 spiro atoms. The molecule has 0 aliphatic carbocycles. The molecule has 2 aromatic carbocycles. The summed E-state index contributed by atoms with van der Waals surface area (Å²) in [5.74, 6) is 0.164. The predicted octanol–water partition coefficient (Wildman–Crippen LogP) is 4.31. The van der Waals surface area contributed by atoms with Crippen LogP contribution < -0.4 is 16.0 Å². The van der Waals surface area contributed by atoms with Crippen molar-refractivity contribution in [3.8, 4) is 0 Å². The van der Waals surface area contributed by atoms with Gasteiger partial charge in [0.2, 0.25) is 5.78 Å². The molecule has 2 fully saturated rings. The van der Waals surface area contributed by atoms with Gasteiger partial charge in [-0.3, -0.25) is 9.69 Å². The number of anilines is 4. The van der Waals surface area contributed by atoms with Gasteiger partial charge in [0.25, 0.3) is 0 Å². The van der Waals surface area contributed by atoms with Crippen molar-refractivity contribution in [1.82, 2.24) is 9.88 Å². The lowest BCUT2D eigenvalue weighted by Gasteiger charge is -2.40. The number of ether oxygens (including phenoxy) is 1. The Morgan fingerprint density at radius 2 is 1.71 bits per heavy atom. The van der Waals surface area contributed by atoms with E-state index in [1.165, 1.54) is 29.9 Å². The van der Waals surface area contributed by atoms with E-state index >= 15 is 0 Å². The fourth-order valence-electron chi connectivity index (χ4n) is 4.70. The highest BCUT2D eigenvalue weighted by Gasteiger charge is 2.26. The first-order valence-corrected chi connectivity index (χ1v) is 12.7. The molecule has 7 nitrogen and oxygen atoms in total. The highest BCUT2D eigenvalue weighted by molar-refractivity contribution is 7.18. The molecule has 34 heavy (non-hydrogen) atoms. The molecule has 0 amide bonds. The van der Waals surface area contributed by atoms with Crippen LogP contribution in [0.2, 0.25) is 0 Å². The van der Waals surface area contributed by atoms with Gasteiger partial charge in [0.05, 0.1) is 13.2 Å². The molecule has 0 saturated carbocycles. The fraction of sp³-hybridized carbons (Fsp3) is 0.385. The molecule has 0 unspecified atom stereocenters. The van der Waals surface area contributed by atoms with Crippen molar-refractivity contribution in [3.63, 3.8) is 0 Å². The third-order valence-corrected chi connectivity index (χ3v) is 7.67. The summed E-state index contributed by atoms with van der Waals surface area (Å²) in [5, 5.41) is 3.92. The molecule has 3 heterocycles. The number of benzene rings is 2. The highest BCUT2D eigenvalue weighted by Crippen LogP contribution is 2.31. The van der Waals surface area contributed by atoms with E-state index in [0.29, 0.717) is 21.6 Å². The summed E-state index contributed by atoms with van der Waals surface area (Å²) < 4.78 is 5.49. The third kappa shape index (κ3) is 5.09. The topological polar surface area (TPSA) is 83.7 Å². The van der Waals surface area contributed by atoms with E-state index in [0.717, 1.165) is 50.6 Å². The molecule has 1 aromatic heterocycles. The summed E-state index contributed by atoms with van der Waals surface area (Å²) in [7, 11) is 0. The summed E-state index contributed by atoms with van der Waals surface area (Å²) >= 11 is 1.29. The molecule has 2 aliphatic heterocycles. The fourth-order valence-corrected chi connectivity index (χ4v) is 5.56. The van der Waals surface area contributed by atoms with Crippen molar-refractivity contribution in [1.29, 1.82) is 0 Å². The van der Waals surface area contributed by atoms with Crippen molar-refractivity contribution in [3.05, 3.63) is 64.5 Å². The molecular formula is C26H31N5O2S. The van der Waals surface area contributed by atoms with E-state index in [-0.39, 0.29) is 11.6 Å². The number of nitrogens with one attached hydrogen (secondary N) is 1. The summed E-state index contributed by atoms with van der Waals surface area (Å²) in [6.07, 6.45) is 2.38. The Kier molecular flexibility index (Phi) is 6.80. The van der Waals surface area contributed by atoms with Crippen LogP contribution in [0.1, 0.15) is 33.6 Å². The van der Waals surface area contributed by atoms with Gasteiger partial charge in [-0.05, 0) is 44.0 Å². The van der Waals surface area contributed by atoms with Crippen LogP contribution in [0.15, 0.2) is 48.5 Å². The van der Waals surface area contributed by atoms with Crippen molar-refractivity contribution < 1.29 is 9.53 Å². The van der Waals surface area contributed by atoms with Crippen LogP contribution in [0, 0.1) is 6.92 Å². The third-order valence-electron chi connectivity index (χ3n) is 6.68. The zero-order valence-corrected chi connectivity index (χ0v) is 20.3. The molecule has 2 aliphatic rings. The van der Waals surface area contributed by atoms with Gasteiger partial charge < -0.3 is 20.7 Å².